The van der Waals surface area contributed by atoms with Crippen molar-refractivity contribution in [3.63, 3.8) is 0 Å². The maximum atomic E-state index is 11.4. The molecule has 0 aliphatic heterocycles. The minimum atomic E-state index is -0.538. The van der Waals surface area contributed by atoms with Crippen molar-refractivity contribution in [1.29, 1.82) is 0 Å². The summed E-state index contributed by atoms with van der Waals surface area (Å²) in [7, 11) is 0. The monoisotopic (exact) mass is 200 g/mol. The van der Waals surface area contributed by atoms with E-state index in [1.807, 2.05) is 6.92 Å². The molecule has 0 aliphatic carbocycles. The van der Waals surface area contributed by atoms with Gasteiger partial charge < -0.3 is 16.2 Å². The smallest absolute Gasteiger partial charge is 0.237 e. The summed E-state index contributed by atoms with van der Waals surface area (Å²) in [5.41, 5.74) is 5.56. The number of carbonyl (C=O) groups is 1. The van der Waals surface area contributed by atoms with Crippen molar-refractivity contribution in [2.75, 3.05) is 0 Å². The lowest BCUT2D eigenvalue weighted by atomic mass is 10.1. The van der Waals surface area contributed by atoms with Crippen molar-refractivity contribution in [2.24, 2.45) is 5.73 Å². The predicted octanol–water partition coefficient (Wildman–Crippen LogP) is 0.165. The van der Waals surface area contributed by atoms with Crippen LogP contribution in [-0.4, -0.2) is 29.2 Å². The fourth-order valence-corrected chi connectivity index (χ4v) is 1.21. The highest BCUT2D eigenvalue weighted by molar-refractivity contribution is 5.81. The number of aliphatic hydroxyl groups excluding tert-OH is 1. The zero-order valence-electron chi connectivity index (χ0n) is 8.86. The molecule has 0 aromatic heterocycles. The Morgan fingerprint density at radius 3 is 2.64 bits per heavy atom. The number of nitrogens with one attached hydrogen (secondary N) is 1. The van der Waals surface area contributed by atoms with Crippen molar-refractivity contribution < 1.29 is 9.90 Å². The number of nitrogens with two attached hydrogens (primary N) is 1. The topological polar surface area (TPSA) is 75.4 Å². The van der Waals surface area contributed by atoms with Crippen molar-refractivity contribution >= 4 is 5.91 Å². The molecule has 0 rings (SSSR count). The lowest BCUT2D eigenvalue weighted by Gasteiger charge is -2.17. The highest BCUT2D eigenvalue weighted by atomic mass is 16.3. The van der Waals surface area contributed by atoms with Crippen molar-refractivity contribution in [2.45, 2.75) is 44.9 Å². The Kier molecular flexibility index (Phi) is 6.16. The van der Waals surface area contributed by atoms with Gasteiger partial charge in [0.15, 0.2) is 0 Å². The first kappa shape index (κ1) is 13.1. The summed E-state index contributed by atoms with van der Waals surface area (Å²) < 4.78 is 0. The van der Waals surface area contributed by atoms with Gasteiger partial charge in [0.2, 0.25) is 5.91 Å². The third-order valence-electron chi connectivity index (χ3n) is 1.84. The van der Waals surface area contributed by atoms with E-state index in [1.165, 1.54) is 0 Å². The molecular formula is C10H20N2O2. The van der Waals surface area contributed by atoms with E-state index in [9.17, 15) is 4.79 Å². The molecule has 0 spiro atoms. The summed E-state index contributed by atoms with van der Waals surface area (Å²) in [6.07, 6.45) is 2.20. The summed E-state index contributed by atoms with van der Waals surface area (Å²) in [5.74, 6) is -0.196. The van der Waals surface area contributed by atoms with E-state index in [0.717, 1.165) is 0 Å². The molecular weight excluding hydrogens is 180 g/mol. The highest BCUT2D eigenvalue weighted by Gasteiger charge is 2.14. The summed E-state index contributed by atoms with van der Waals surface area (Å²) in [4.78, 5) is 11.4. The quantitative estimate of drug-likeness (QED) is 0.535. The molecule has 0 saturated heterocycles. The Balaban J connectivity index is 3.86. The number of hydrogen-bond donors (Lipinski definition) is 3. The van der Waals surface area contributed by atoms with Gasteiger partial charge in [-0.2, -0.15) is 0 Å². The SMILES string of the molecule is C=CCC(N)C(=O)NC(C)CC(C)O. The molecule has 3 unspecified atom stereocenters. The first-order valence-corrected chi connectivity index (χ1v) is 4.82. The van der Waals surface area contributed by atoms with E-state index in [1.54, 1.807) is 13.0 Å². The van der Waals surface area contributed by atoms with Crippen LogP contribution in [0.15, 0.2) is 12.7 Å². The van der Waals surface area contributed by atoms with E-state index in [-0.39, 0.29) is 11.9 Å². The fourth-order valence-electron chi connectivity index (χ4n) is 1.21. The van der Waals surface area contributed by atoms with Gasteiger partial charge >= 0.3 is 0 Å². The second-order valence-electron chi connectivity index (χ2n) is 3.63. The first-order valence-electron chi connectivity index (χ1n) is 4.82. The Morgan fingerprint density at radius 2 is 2.21 bits per heavy atom. The van der Waals surface area contributed by atoms with Crippen LogP contribution in [0.3, 0.4) is 0 Å². The molecule has 4 N–H and O–H groups in total. The molecule has 0 bridgehead atoms. The molecule has 3 atom stereocenters. The number of aliphatic hydroxyl groups is 1. The Morgan fingerprint density at radius 1 is 1.64 bits per heavy atom. The number of hydrogen-bond acceptors (Lipinski definition) is 3. The third-order valence-corrected chi connectivity index (χ3v) is 1.84. The van der Waals surface area contributed by atoms with Crippen LogP contribution in [0.4, 0.5) is 0 Å². The molecule has 14 heavy (non-hydrogen) atoms. The Hall–Kier alpha value is -0.870. The fraction of sp³-hybridized carbons (Fsp3) is 0.700. The molecule has 4 nitrogen and oxygen atoms in total. The van der Waals surface area contributed by atoms with Gasteiger partial charge in [0.05, 0.1) is 12.1 Å². The van der Waals surface area contributed by atoms with E-state index >= 15 is 0 Å². The van der Waals surface area contributed by atoms with Gasteiger partial charge in [-0.15, -0.1) is 6.58 Å². The second kappa shape index (κ2) is 6.56. The van der Waals surface area contributed by atoms with Crippen molar-refractivity contribution in [3.8, 4) is 0 Å². The van der Waals surface area contributed by atoms with Crippen LogP contribution in [0.5, 0.6) is 0 Å². The van der Waals surface area contributed by atoms with Crippen LogP contribution in [0.1, 0.15) is 26.7 Å². The number of rotatable bonds is 6. The van der Waals surface area contributed by atoms with Crippen LogP contribution < -0.4 is 11.1 Å². The minimum Gasteiger partial charge on any atom is -0.393 e. The Bertz CT molecular complexity index is 193. The van der Waals surface area contributed by atoms with Gasteiger partial charge in [0.25, 0.3) is 0 Å². The van der Waals surface area contributed by atoms with E-state index < -0.39 is 12.1 Å². The number of amides is 1. The zero-order valence-corrected chi connectivity index (χ0v) is 8.86. The number of carbonyl (C=O) groups excluding carboxylic acids is 1. The van der Waals surface area contributed by atoms with Crippen molar-refractivity contribution in [3.05, 3.63) is 12.7 Å². The summed E-state index contributed by atoms with van der Waals surface area (Å²) in [5, 5.41) is 11.8. The molecule has 0 fully saturated rings. The van der Waals surface area contributed by atoms with E-state index in [4.69, 9.17) is 10.8 Å². The van der Waals surface area contributed by atoms with E-state index in [0.29, 0.717) is 12.8 Å². The van der Waals surface area contributed by atoms with Crippen LogP contribution in [0.2, 0.25) is 0 Å². The maximum Gasteiger partial charge on any atom is 0.237 e. The molecule has 1 amide bonds. The predicted molar refractivity (Wildman–Crippen MR) is 56.7 cm³/mol. The van der Waals surface area contributed by atoms with Gasteiger partial charge in [0.1, 0.15) is 0 Å². The van der Waals surface area contributed by atoms with Gasteiger partial charge in [-0.25, -0.2) is 0 Å². The average molecular weight is 200 g/mol. The van der Waals surface area contributed by atoms with Crippen LogP contribution in [-0.2, 0) is 4.79 Å². The van der Waals surface area contributed by atoms with Crippen molar-refractivity contribution in [1.82, 2.24) is 5.32 Å². The summed E-state index contributed by atoms with van der Waals surface area (Å²) in [6, 6.07) is -0.595. The first-order chi connectivity index (χ1) is 6.47. The standard InChI is InChI=1S/C10H20N2O2/c1-4-5-9(11)10(14)12-7(2)6-8(3)13/h4,7-9,13H,1,5-6,11H2,2-3H3,(H,12,14). The molecule has 82 valence electrons. The molecule has 0 aliphatic rings. The molecule has 0 aromatic carbocycles. The van der Waals surface area contributed by atoms with Crippen LogP contribution in [0, 0.1) is 0 Å². The summed E-state index contributed by atoms with van der Waals surface area (Å²) >= 11 is 0. The van der Waals surface area contributed by atoms with E-state index in [2.05, 4.69) is 11.9 Å². The highest BCUT2D eigenvalue weighted by Crippen LogP contribution is 1.98. The molecule has 0 heterocycles. The molecule has 4 heteroatoms. The largest absolute Gasteiger partial charge is 0.393 e. The third kappa shape index (κ3) is 5.72. The lowest BCUT2D eigenvalue weighted by molar-refractivity contribution is -0.123. The lowest BCUT2D eigenvalue weighted by Crippen LogP contribution is -2.44. The molecule has 0 radical (unpaired) electrons. The second-order valence-corrected chi connectivity index (χ2v) is 3.63. The maximum absolute atomic E-state index is 11.4. The van der Waals surface area contributed by atoms with Gasteiger partial charge in [-0.1, -0.05) is 6.08 Å². The average Bonchev–Trinajstić information content (AvgIpc) is 2.02. The van der Waals surface area contributed by atoms with Gasteiger partial charge in [0, 0.05) is 6.04 Å². The van der Waals surface area contributed by atoms with Crippen LogP contribution in [0.25, 0.3) is 0 Å². The molecule has 0 aromatic rings. The van der Waals surface area contributed by atoms with Gasteiger partial charge in [-0.05, 0) is 26.7 Å². The Labute approximate surface area is 85.2 Å². The molecule has 0 saturated carbocycles. The van der Waals surface area contributed by atoms with Gasteiger partial charge in [-0.3, -0.25) is 4.79 Å². The zero-order chi connectivity index (χ0) is 11.1. The summed E-state index contributed by atoms with van der Waals surface area (Å²) in [6.45, 7) is 7.04. The minimum absolute atomic E-state index is 0.0571. The normalized spacial score (nSPS) is 16.9. The van der Waals surface area contributed by atoms with Crippen LogP contribution >= 0.6 is 0 Å².